The number of aryl methyl sites for hydroxylation is 1. The van der Waals surface area contributed by atoms with Gasteiger partial charge in [-0.3, -0.25) is 14.4 Å². The Morgan fingerprint density at radius 2 is 1.43 bits per heavy atom. The average Bonchev–Trinajstić information content (AvgIpc) is 3.14. The second-order valence-electron chi connectivity index (χ2n) is 7.19. The summed E-state index contributed by atoms with van der Waals surface area (Å²) < 4.78 is 29.7. The number of hydrogen-bond acceptors (Lipinski definition) is 3. The van der Waals surface area contributed by atoms with Gasteiger partial charge in [0.05, 0.1) is 11.1 Å². The molecule has 1 saturated heterocycles. The molecule has 3 aromatic rings. The van der Waals surface area contributed by atoms with E-state index in [4.69, 9.17) is 0 Å². The van der Waals surface area contributed by atoms with Crippen LogP contribution in [0.15, 0.2) is 48.7 Å². The summed E-state index contributed by atoms with van der Waals surface area (Å²) in [6, 6.07) is 10.7. The number of rotatable bonds is 3. The Bertz CT molecular complexity index is 1150. The van der Waals surface area contributed by atoms with E-state index in [1.807, 2.05) is 6.07 Å². The summed E-state index contributed by atoms with van der Waals surface area (Å²) in [5.41, 5.74) is 0.323. The molecule has 0 unspecified atom stereocenters. The molecule has 1 aromatic heterocycles. The number of amides is 2. The van der Waals surface area contributed by atoms with Crippen molar-refractivity contribution >= 4 is 28.5 Å². The van der Waals surface area contributed by atoms with Gasteiger partial charge in [-0.05, 0) is 24.3 Å². The van der Waals surface area contributed by atoms with Gasteiger partial charge in [-0.2, -0.15) is 0 Å². The molecule has 1 fully saturated rings. The van der Waals surface area contributed by atoms with Crippen molar-refractivity contribution in [3.8, 4) is 0 Å². The lowest BCUT2D eigenvalue weighted by Gasteiger charge is -2.34. The fraction of sp³-hybridized carbons (Fsp3) is 0.227. The highest BCUT2D eigenvalue weighted by atomic mass is 19.1. The standard InChI is InChI=1S/C22H19F2N3O3/c1-25-13-15(18-16(23)7-8-17(24)19(18)25)20(28)22(30)27-11-9-26(10-12-27)21(29)14-5-3-2-4-6-14/h2-8,13H,9-12H2,1H3. The fourth-order valence-electron chi connectivity index (χ4n) is 3.77. The fourth-order valence-corrected chi connectivity index (χ4v) is 3.77. The largest absolute Gasteiger partial charge is 0.347 e. The maximum atomic E-state index is 14.3. The van der Waals surface area contributed by atoms with Crippen LogP contribution in [0.4, 0.5) is 8.78 Å². The van der Waals surface area contributed by atoms with Crippen molar-refractivity contribution in [1.29, 1.82) is 0 Å². The third kappa shape index (κ3) is 3.34. The van der Waals surface area contributed by atoms with Crippen LogP contribution in [0.2, 0.25) is 0 Å². The number of Topliss-reactive ketones (excluding diaryl/α,β-unsaturated/α-hetero) is 1. The Kier molecular flexibility index (Phi) is 5.07. The molecule has 6 nitrogen and oxygen atoms in total. The first-order chi connectivity index (χ1) is 14.4. The molecule has 0 bridgehead atoms. The van der Waals surface area contributed by atoms with Gasteiger partial charge >= 0.3 is 0 Å². The van der Waals surface area contributed by atoms with Gasteiger partial charge in [-0.25, -0.2) is 8.78 Å². The highest BCUT2D eigenvalue weighted by Crippen LogP contribution is 2.27. The molecule has 0 spiro atoms. The Labute approximate surface area is 171 Å². The Hall–Kier alpha value is -3.55. The predicted octanol–water partition coefficient (Wildman–Crippen LogP) is 2.62. The zero-order chi connectivity index (χ0) is 21.4. The van der Waals surface area contributed by atoms with Crippen molar-refractivity contribution < 1.29 is 23.2 Å². The minimum absolute atomic E-state index is 0.0653. The highest BCUT2D eigenvalue weighted by molar-refractivity contribution is 6.45. The summed E-state index contributed by atoms with van der Waals surface area (Å²) >= 11 is 0. The van der Waals surface area contributed by atoms with E-state index in [9.17, 15) is 23.2 Å². The predicted molar refractivity (Wildman–Crippen MR) is 106 cm³/mol. The van der Waals surface area contributed by atoms with Crippen LogP contribution in [0.3, 0.4) is 0 Å². The molecule has 4 rings (SSSR count). The van der Waals surface area contributed by atoms with Gasteiger partial charge in [0.25, 0.3) is 17.6 Å². The van der Waals surface area contributed by atoms with Crippen molar-refractivity contribution in [2.75, 3.05) is 26.2 Å². The zero-order valence-electron chi connectivity index (χ0n) is 16.3. The maximum absolute atomic E-state index is 14.3. The summed E-state index contributed by atoms with van der Waals surface area (Å²) in [4.78, 5) is 41.0. The average molecular weight is 411 g/mol. The van der Waals surface area contributed by atoms with E-state index in [0.29, 0.717) is 5.56 Å². The third-order valence-corrected chi connectivity index (χ3v) is 5.34. The van der Waals surface area contributed by atoms with Crippen LogP contribution in [-0.4, -0.2) is 58.1 Å². The minimum Gasteiger partial charge on any atom is -0.347 e. The number of nitrogens with zero attached hydrogens (tertiary/aromatic N) is 3. The number of aromatic nitrogens is 1. The first-order valence-electron chi connectivity index (χ1n) is 9.49. The molecule has 30 heavy (non-hydrogen) atoms. The molecule has 0 saturated carbocycles. The van der Waals surface area contributed by atoms with E-state index >= 15 is 0 Å². The van der Waals surface area contributed by atoms with E-state index in [0.717, 1.165) is 12.1 Å². The normalized spacial score (nSPS) is 14.2. The Balaban J connectivity index is 1.50. The molecular formula is C22H19F2N3O3. The molecule has 1 aliphatic rings. The molecule has 8 heteroatoms. The van der Waals surface area contributed by atoms with Crippen LogP contribution >= 0.6 is 0 Å². The molecule has 0 atom stereocenters. The first kappa shape index (κ1) is 19.8. The Morgan fingerprint density at radius 1 is 0.833 bits per heavy atom. The summed E-state index contributed by atoms with van der Waals surface area (Å²) in [5, 5.41) is -0.200. The second-order valence-corrected chi connectivity index (χ2v) is 7.19. The van der Waals surface area contributed by atoms with Crippen molar-refractivity contribution in [3.63, 3.8) is 0 Å². The maximum Gasteiger partial charge on any atom is 0.295 e. The number of ketones is 1. The van der Waals surface area contributed by atoms with Crippen LogP contribution in [0.1, 0.15) is 20.7 Å². The number of hydrogen-bond donors (Lipinski definition) is 0. The summed E-state index contributed by atoms with van der Waals surface area (Å²) in [5.74, 6) is -3.26. The number of benzene rings is 2. The van der Waals surface area contributed by atoms with Gasteiger partial charge in [0.2, 0.25) is 0 Å². The molecule has 154 valence electrons. The lowest BCUT2D eigenvalue weighted by Crippen LogP contribution is -2.52. The van der Waals surface area contributed by atoms with Crippen LogP contribution < -0.4 is 0 Å². The summed E-state index contributed by atoms with van der Waals surface area (Å²) in [6.07, 6.45) is 1.27. The second kappa shape index (κ2) is 7.70. The van der Waals surface area contributed by atoms with E-state index in [1.54, 1.807) is 29.2 Å². The molecule has 2 amide bonds. The van der Waals surface area contributed by atoms with Gasteiger partial charge in [-0.15, -0.1) is 0 Å². The van der Waals surface area contributed by atoms with Gasteiger partial charge in [0.15, 0.2) is 0 Å². The van der Waals surface area contributed by atoms with Crippen LogP contribution in [0.25, 0.3) is 10.9 Å². The van der Waals surface area contributed by atoms with Gasteiger partial charge in [0.1, 0.15) is 11.6 Å². The third-order valence-electron chi connectivity index (χ3n) is 5.34. The SMILES string of the molecule is Cn1cc(C(=O)C(=O)N2CCN(C(=O)c3ccccc3)CC2)c2c(F)ccc(F)c21. The van der Waals surface area contributed by atoms with Gasteiger partial charge < -0.3 is 14.4 Å². The lowest BCUT2D eigenvalue weighted by atomic mass is 10.1. The zero-order valence-corrected chi connectivity index (χ0v) is 16.3. The van der Waals surface area contributed by atoms with E-state index in [1.165, 1.54) is 22.7 Å². The van der Waals surface area contributed by atoms with Crippen LogP contribution in [0.5, 0.6) is 0 Å². The van der Waals surface area contributed by atoms with Gasteiger partial charge in [-0.1, -0.05) is 18.2 Å². The van der Waals surface area contributed by atoms with Crippen molar-refractivity contribution in [1.82, 2.24) is 14.4 Å². The highest BCUT2D eigenvalue weighted by Gasteiger charge is 2.31. The van der Waals surface area contributed by atoms with E-state index in [2.05, 4.69) is 0 Å². The van der Waals surface area contributed by atoms with Crippen LogP contribution in [-0.2, 0) is 11.8 Å². The number of fused-ring (bicyclic) bond motifs is 1. The summed E-state index contributed by atoms with van der Waals surface area (Å²) in [7, 11) is 1.49. The number of carbonyl (C=O) groups is 3. The molecule has 1 aliphatic heterocycles. The van der Waals surface area contributed by atoms with Crippen molar-refractivity contribution in [3.05, 3.63) is 71.4 Å². The molecular weight excluding hydrogens is 392 g/mol. The van der Waals surface area contributed by atoms with Crippen molar-refractivity contribution in [2.45, 2.75) is 0 Å². The minimum atomic E-state index is -0.895. The van der Waals surface area contributed by atoms with E-state index < -0.39 is 23.3 Å². The molecule has 0 aliphatic carbocycles. The molecule has 2 aromatic carbocycles. The topological polar surface area (TPSA) is 62.6 Å². The van der Waals surface area contributed by atoms with Crippen molar-refractivity contribution in [2.24, 2.45) is 7.05 Å². The summed E-state index contributed by atoms with van der Waals surface area (Å²) in [6.45, 7) is 0.937. The van der Waals surface area contributed by atoms with Gasteiger partial charge in [0, 0.05) is 50.4 Å². The smallest absolute Gasteiger partial charge is 0.295 e. The molecule has 0 N–H and O–H groups in total. The quantitative estimate of drug-likeness (QED) is 0.492. The Morgan fingerprint density at radius 3 is 2.10 bits per heavy atom. The lowest BCUT2D eigenvalue weighted by molar-refractivity contribution is -0.127. The molecule has 0 radical (unpaired) electrons. The van der Waals surface area contributed by atoms with Crippen LogP contribution in [0, 0.1) is 11.6 Å². The number of carbonyl (C=O) groups excluding carboxylic acids is 3. The number of halogens is 2. The first-order valence-corrected chi connectivity index (χ1v) is 9.49. The number of piperazine rings is 1. The van der Waals surface area contributed by atoms with E-state index in [-0.39, 0.29) is 48.6 Å². The molecule has 2 heterocycles. The monoisotopic (exact) mass is 411 g/mol.